The van der Waals surface area contributed by atoms with Crippen LogP contribution in [0.15, 0.2) is 34.3 Å². The van der Waals surface area contributed by atoms with Gasteiger partial charge in [-0.25, -0.2) is 10.4 Å². The van der Waals surface area contributed by atoms with Crippen LogP contribution in [0, 0.1) is 28.6 Å². The number of aryl methyl sites for hydroxylation is 1. The lowest BCUT2D eigenvalue weighted by atomic mass is 9.78. The third kappa shape index (κ3) is 9.92. The fourth-order valence-electron chi connectivity index (χ4n) is 11.0. The quantitative estimate of drug-likeness (QED) is 0.247. The molecular formula is C52H67N9O8S. The Labute approximate surface area is 414 Å². The number of hydrogen-bond acceptors (Lipinski definition) is 13. The van der Waals surface area contributed by atoms with Gasteiger partial charge in [0.05, 0.1) is 54.3 Å². The van der Waals surface area contributed by atoms with Crippen molar-refractivity contribution >= 4 is 63.6 Å². The smallest absolute Gasteiger partial charge is 0.324 e. The monoisotopic (exact) mass is 977 g/mol. The zero-order valence-corrected chi connectivity index (χ0v) is 42.4. The van der Waals surface area contributed by atoms with E-state index in [0.717, 1.165) is 70.6 Å². The lowest BCUT2D eigenvalue weighted by Crippen LogP contribution is -2.64. The normalized spacial score (nSPS) is 23.8. The topological polar surface area (TPSA) is 180 Å². The van der Waals surface area contributed by atoms with E-state index in [1.807, 2.05) is 32.4 Å². The van der Waals surface area contributed by atoms with Crippen LogP contribution in [-0.4, -0.2) is 162 Å². The van der Waals surface area contributed by atoms with E-state index >= 15 is 0 Å². The molecule has 4 amide bonds. The Kier molecular flexibility index (Phi) is 14.4. The number of hydrazine groups is 1. The van der Waals surface area contributed by atoms with E-state index in [0.29, 0.717) is 63.5 Å². The number of hydrogen-bond donors (Lipinski definition) is 2. The first-order valence-corrected chi connectivity index (χ1v) is 25.7. The second-order valence-electron chi connectivity index (χ2n) is 20.9. The summed E-state index contributed by atoms with van der Waals surface area (Å²) in [5, 5.41) is 8.20. The molecule has 1 spiro atoms. The summed E-state index contributed by atoms with van der Waals surface area (Å²) in [7, 11) is 3.79. The first-order valence-electron chi connectivity index (χ1n) is 24.8. The highest BCUT2D eigenvalue weighted by atomic mass is 32.1. The number of methoxy groups -OCH3 is 1. The Morgan fingerprint density at radius 3 is 2.63 bits per heavy atom. The molecule has 0 saturated carbocycles. The number of ether oxygens (including phenoxy) is 3. The van der Waals surface area contributed by atoms with Crippen LogP contribution in [0.3, 0.4) is 0 Å². The van der Waals surface area contributed by atoms with Gasteiger partial charge in [0.25, 0.3) is 11.8 Å². The van der Waals surface area contributed by atoms with Crippen molar-refractivity contribution < 1.29 is 38.2 Å². The molecule has 18 heteroatoms. The second kappa shape index (κ2) is 20.3. The number of aromatic nitrogens is 2. The molecule has 70 heavy (non-hydrogen) atoms. The number of fused-ring (bicyclic) bond motifs is 6. The molecule has 6 bridgehead atoms. The fraction of sp³-hybridized carbons (Fsp3) is 0.596. The van der Waals surface area contributed by atoms with Crippen LogP contribution >= 0.6 is 11.3 Å². The molecule has 4 fully saturated rings. The van der Waals surface area contributed by atoms with Crippen molar-refractivity contribution in [3.8, 4) is 23.1 Å². The number of morpholine rings is 1. The average Bonchev–Trinajstić information content (AvgIpc) is 4.03. The van der Waals surface area contributed by atoms with Crippen LogP contribution in [0.1, 0.15) is 83.0 Å². The number of thiazole rings is 1. The number of rotatable bonds is 8. The number of likely N-dealkylation sites (tertiary alicyclic amines) is 2. The lowest BCUT2D eigenvalue weighted by Gasteiger charge is -2.46. The second-order valence-corrected chi connectivity index (χ2v) is 21.9. The van der Waals surface area contributed by atoms with E-state index in [1.165, 1.54) is 16.3 Å². The Hall–Kier alpha value is -5.45. The van der Waals surface area contributed by atoms with Crippen molar-refractivity contribution in [1.29, 1.82) is 0 Å². The van der Waals surface area contributed by atoms with Gasteiger partial charge in [0, 0.05) is 105 Å². The van der Waals surface area contributed by atoms with E-state index < -0.39 is 46.7 Å². The summed E-state index contributed by atoms with van der Waals surface area (Å²) in [5.41, 5.74) is 8.86. The number of esters is 1. The van der Waals surface area contributed by atoms with Gasteiger partial charge >= 0.3 is 5.97 Å². The van der Waals surface area contributed by atoms with Crippen LogP contribution in [0.4, 0.5) is 0 Å². The fourth-order valence-corrected chi connectivity index (χ4v) is 11.8. The number of cyclic esters (lactones) is 1. The highest BCUT2D eigenvalue weighted by molar-refractivity contribution is 7.10. The SMILES string of the molecule is CO[C@@H](C)C1=C(c2c3c4cc(ccc4n2C)-c2csc(n2)C[C@H](NC(=O)[C@H](C(C)C)N2CCC4(CN(C(=O)C#CCN5CCOCC5)C4)C2=O)C(=O)N2CCC[C@H](N2)C(=O)OCC(C)(C)C3)CCC=N1. The highest BCUT2D eigenvalue weighted by Crippen LogP contribution is 2.43. The number of amides is 4. The molecule has 4 saturated heterocycles. The van der Waals surface area contributed by atoms with Gasteiger partial charge in [0.15, 0.2) is 0 Å². The molecule has 6 aliphatic rings. The number of benzene rings is 1. The van der Waals surface area contributed by atoms with Gasteiger partial charge < -0.3 is 33.9 Å². The molecule has 1 aromatic carbocycles. The number of nitrogens with zero attached hydrogens (tertiary/aromatic N) is 7. The zero-order valence-electron chi connectivity index (χ0n) is 41.6. The number of allylic oxidation sites excluding steroid dienone is 1. The molecule has 4 atom stereocenters. The molecule has 0 aliphatic carbocycles. The van der Waals surface area contributed by atoms with E-state index in [1.54, 1.807) is 16.9 Å². The van der Waals surface area contributed by atoms with E-state index in [-0.39, 0.29) is 50.0 Å². The number of nitrogens with one attached hydrogen (secondary N) is 2. The first-order chi connectivity index (χ1) is 33.6. The minimum absolute atomic E-state index is 0.0845. The summed E-state index contributed by atoms with van der Waals surface area (Å²) in [5.74, 6) is 3.65. The first kappa shape index (κ1) is 49.5. The molecule has 0 unspecified atom stereocenters. The molecule has 8 heterocycles. The summed E-state index contributed by atoms with van der Waals surface area (Å²) in [4.78, 5) is 86.0. The van der Waals surface area contributed by atoms with Gasteiger partial charge in [-0.1, -0.05) is 39.7 Å². The van der Waals surface area contributed by atoms with E-state index in [2.05, 4.69) is 71.1 Å². The number of aliphatic imine (C=N–C) groups is 1. The van der Waals surface area contributed by atoms with Crippen LogP contribution < -0.4 is 10.7 Å². The van der Waals surface area contributed by atoms with Gasteiger partial charge in [-0.3, -0.25) is 38.9 Å². The largest absolute Gasteiger partial charge is 0.464 e. The molecule has 2 N–H and O–H groups in total. The Morgan fingerprint density at radius 1 is 1.09 bits per heavy atom. The van der Waals surface area contributed by atoms with Gasteiger partial charge in [-0.2, -0.15) is 0 Å². The molecular weight excluding hydrogens is 911 g/mol. The summed E-state index contributed by atoms with van der Waals surface area (Å²) in [6.07, 6.45) is 5.58. The number of carbonyl (C=O) groups excluding carboxylic acids is 5. The predicted molar refractivity (Wildman–Crippen MR) is 266 cm³/mol. The third-order valence-electron chi connectivity index (χ3n) is 14.9. The summed E-state index contributed by atoms with van der Waals surface area (Å²) in [6.45, 7) is 14.6. The maximum absolute atomic E-state index is 14.7. The van der Waals surface area contributed by atoms with Crippen LogP contribution in [0.5, 0.6) is 0 Å². The van der Waals surface area contributed by atoms with Crippen LogP contribution in [0.2, 0.25) is 0 Å². The van der Waals surface area contributed by atoms with Crippen molar-refractivity contribution in [2.24, 2.45) is 28.8 Å². The summed E-state index contributed by atoms with van der Waals surface area (Å²) in [6, 6.07) is 3.64. The van der Waals surface area contributed by atoms with Gasteiger partial charge in [-0.05, 0) is 75.0 Å². The molecule has 17 nitrogen and oxygen atoms in total. The van der Waals surface area contributed by atoms with Crippen molar-refractivity contribution in [3.05, 3.63) is 45.5 Å². The summed E-state index contributed by atoms with van der Waals surface area (Å²) >= 11 is 1.42. The lowest BCUT2D eigenvalue weighted by molar-refractivity contribution is -0.155. The minimum atomic E-state index is -1.08. The zero-order chi connectivity index (χ0) is 49.5. The molecule has 374 valence electrons. The Balaban J connectivity index is 0.992. The standard InChI is InChI=1S/C52H67N9O8S/c1-32(2)45(60-20-16-52(50(60)66)29-59(30-52)43(62)13-10-18-58-21-23-68-24-22-58)47(63)55-39-26-42-54-40(28-70-42)34-14-15-41-36(25-34)37(46(57(41)6)35-11-8-17-53-44(35)33(3)67-7)27-51(4,5)31-69-49(65)38-12-9-19-61(56-38)48(39)64/h14-15,17,25,28,32-33,38-39,45,56H,8-9,11-12,16,18-24,26-27,29-31H2,1-7H3,(H,55,63)/t33-,38-,39-,45-/m0/s1. The molecule has 3 aromatic rings. The predicted octanol–water partition coefficient (Wildman–Crippen LogP) is 3.98. The number of carbonyl (C=O) groups is 5. The molecule has 9 rings (SSSR count). The van der Waals surface area contributed by atoms with Crippen molar-refractivity contribution in [3.63, 3.8) is 0 Å². The Morgan fingerprint density at radius 2 is 1.87 bits per heavy atom. The third-order valence-corrected chi connectivity index (χ3v) is 15.8. The molecule has 0 radical (unpaired) electrons. The van der Waals surface area contributed by atoms with Crippen molar-refractivity contribution in [1.82, 2.24) is 40.0 Å². The van der Waals surface area contributed by atoms with Crippen LogP contribution in [0.25, 0.3) is 27.7 Å². The van der Waals surface area contributed by atoms with Crippen molar-refractivity contribution in [2.45, 2.75) is 104 Å². The maximum atomic E-state index is 14.7. The Bertz CT molecular complexity index is 2660. The highest BCUT2D eigenvalue weighted by Gasteiger charge is 2.58. The average molecular weight is 978 g/mol. The molecule has 2 aromatic heterocycles. The minimum Gasteiger partial charge on any atom is -0.464 e. The van der Waals surface area contributed by atoms with Gasteiger partial charge in [0.2, 0.25) is 11.8 Å². The van der Waals surface area contributed by atoms with Crippen molar-refractivity contribution in [2.75, 3.05) is 72.7 Å². The molecule has 6 aliphatic heterocycles. The van der Waals surface area contributed by atoms with Gasteiger partial charge in [-0.15, -0.1) is 11.3 Å². The van der Waals surface area contributed by atoms with Crippen LogP contribution in [-0.2, 0) is 58.1 Å². The summed E-state index contributed by atoms with van der Waals surface area (Å²) < 4.78 is 19.6. The van der Waals surface area contributed by atoms with Gasteiger partial charge in [0.1, 0.15) is 18.1 Å². The van der Waals surface area contributed by atoms with E-state index in [4.69, 9.17) is 24.2 Å². The van der Waals surface area contributed by atoms with E-state index in [9.17, 15) is 24.0 Å². The maximum Gasteiger partial charge on any atom is 0.324 e.